The number of aromatic nitrogens is 1. The molecule has 1 atom stereocenters. The Kier molecular flexibility index (Phi) is 4.46. The largest absolute Gasteiger partial charge is 0.493 e. The number of nitrogen functional groups attached to an aromatic ring is 1. The number of aryl methyl sites for hydroxylation is 1. The summed E-state index contributed by atoms with van der Waals surface area (Å²) in [5.74, 6) is 1.51. The first kappa shape index (κ1) is 16.1. The average molecular weight is 333 g/mol. The van der Waals surface area contributed by atoms with Crippen LogP contribution in [-0.4, -0.2) is 25.7 Å². The lowest BCUT2D eigenvalue weighted by Crippen LogP contribution is -2.46. The molecule has 0 saturated heterocycles. The highest BCUT2D eigenvalue weighted by atomic mass is 32.1. The maximum absolute atomic E-state index is 5.89. The summed E-state index contributed by atoms with van der Waals surface area (Å²) in [6.07, 6.45) is 2.83. The summed E-state index contributed by atoms with van der Waals surface area (Å²) < 4.78 is 10.8. The van der Waals surface area contributed by atoms with Crippen LogP contribution in [-0.2, 0) is 18.4 Å². The van der Waals surface area contributed by atoms with Gasteiger partial charge in [0.05, 0.1) is 19.9 Å². The molecule has 6 heteroatoms. The molecule has 0 amide bonds. The molecule has 1 aromatic heterocycles. The molecule has 0 aliphatic heterocycles. The lowest BCUT2D eigenvalue weighted by molar-refractivity contribution is 0.295. The van der Waals surface area contributed by atoms with Crippen molar-refractivity contribution in [3.8, 4) is 11.5 Å². The smallest absolute Gasteiger partial charge is 0.180 e. The van der Waals surface area contributed by atoms with E-state index in [1.807, 2.05) is 6.07 Å². The van der Waals surface area contributed by atoms with Crippen molar-refractivity contribution in [1.82, 2.24) is 10.3 Å². The molecule has 0 bridgehead atoms. The van der Waals surface area contributed by atoms with Crippen LogP contribution in [0.1, 0.15) is 29.5 Å². The van der Waals surface area contributed by atoms with Crippen molar-refractivity contribution in [2.45, 2.75) is 31.7 Å². The zero-order chi connectivity index (χ0) is 16.4. The molecule has 0 spiro atoms. The van der Waals surface area contributed by atoms with E-state index in [9.17, 15) is 0 Å². The summed E-state index contributed by atoms with van der Waals surface area (Å²) in [5.41, 5.74) is 8.15. The Balaban J connectivity index is 2.02. The van der Waals surface area contributed by atoms with Gasteiger partial charge in [-0.1, -0.05) is 13.0 Å². The minimum Gasteiger partial charge on any atom is -0.493 e. The van der Waals surface area contributed by atoms with Crippen LogP contribution >= 0.6 is 11.3 Å². The second kappa shape index (κ2) is 6.37. The molecule has 3 N–H and O–H groups in total. The normalized spacial score (nSPS) is 20.1. The SMILES string of the molecule is CCNC1(c2ccc(OC)c(OC)c2)CCc2nc(N)sc2C1. The number of fused-ring (bicyclic) bond motifs is 1. The fourth-order valence-electron chi connectivity index (χ4n) is 3.40. The van der Waals surface area contributed by atoms with Crippen LogP contribution in [0, 0.1) is 0 Å². The first-order chi connectivity index (χ1) is 11.1. The summed E-state index contributed by atoms with van der Waals surface area (Å²) in [4.78, 5) is 5.74. The molecule has 124 valence electrons. The standard InChI is InChI=1S/C17H23N3O2S/c1-4-19-17(8-7-12-15(10-17)23-16(18)20-12)11-5-6-13(21-2)14(9-11)22-3/h5-6,9,19H,4,7-8,10H2,1-3H3,(H2,18,20). The van der Waals surface area contributed by atoms with Crippen molar-refractivity contribution in [2.24, 2.45) is 0 Å². The highest BCUT2D eigenvalue weighted by molar-refractivity contribution is 7.15. The molecule has 1 aliphatic carbocycles. The molecule has 0 fully saturated rings. The van der Waals surface area contributed by atoms with Gasteiger partial charge in [-0.25, -0.2) is 4.98 Å². The van der Waals surface area contributed by atoms with E-state index in [2.05, 4.69) is 29.4 Å². The fraction of sp³-hybridized carbons (Fsp3) is 0.471. The Morgan fingerprint density at radius 3 is 2.78 bits per heavy atom. The van der Waals surface area contributed by atoms with E-state index < -0.39 is 0 Å². The number of benzene rings is 1. The van der Waals surface area contributed by atoms with Gasteiger partial charge in [-0.2, -0.15) is 0 Å². The monoisotopic (exact) mass is 333 g/mol. The number of nitrogens with two attached hydrogens (primary N) is 1. The molecular formula is C17H23N3O2S. The van der Waals surface area contributed by atoms with E-state index in [0.29, 0.717) is 5.13 Å². The van der Waals surface area contributed by atoms with Crippen molar-refractivity contribution in [2.75, 3.05) is 26.5 Å². The van der Waals surface area contributed by atoms with Crippen molar-refractivity contribution < 1.29 is 9.47 Å². The summed E-state index contributed by atoms with van der Waals surface area (Å²) in [6, 6.07) is 6.18. The highest BCUT2D eigenvalue weighted by Gasteiger charge is 2.37. The van der Waals surface area contributed by atoms with Gasteiger partial charge in [0.25, 0.3) is 0 Å². The number of anilines is 1. The van der Waals surface area contributed by atoms with E-state index in [1.165, 1.54) is 10.4 Å². The van der Waals surface area contributed by atoms with Gasteiger partial charge in [0.15, 0.2) is 16.6 Å². The quantitative estimate of drug-likeness (QED) is 0.880. The van der Waals surface area contributed by atoms with Crippen LogP contribution in [0.25, 0.3) is 0 Å². The highest BCUT2D eigenvalue weighted by Crippen LogP contribution is 2.41. The number of likely N-dealkylation sites (N-methyl/N-ethyl adjacent to an activating group) is 1. The van der Waals surface area contributed by atoms with Crippen LogP contribution in [0.15, 0.2) is 18.2 Å². The van der Waals surface area contributed by atoms with Gasteiger partial charge in [-0.05, 0) is 37.1 Å². The first-order valence-electron chi connectivity index (χ1n) is 7.83. The van der Waals surface area contributed by atoms with Gasteiger partial charge in [-0.3, -0.25) is 0 Å². The van der Waals surface area contributed by atoms with Gasteiger partial charge in [0.1, 0.15) is 0 Å². The van der Waals surface area contributed by atoms with Gasteiger partial charge < -0.3 is 20.5 Å². The molecule has 1 unspecified atom stereocenters. The molecule has 3 rings (SSSR count). The third-order valence-corrected chi connectivity index (χ3v) is 5.42. The minimum absolute atomic E-state index is 0.111. The molecule has 0 saturated carbocycles. The predicted octanol–water partition coefficient (Wildman–Crippen LogP) is 2.74. The second-order valence-electron chi connectivity index (χ2n) is 5.78. The topological polar surface area (TPSA) is 69.4 Å². The van der Waals surface area contributed by atoms with Crippen LogP contribution in [0.2, 0.25) is 0 Å². The first-order valence-corrected chi connectivity index (χ1v) is 8.65. The molecule has 2 aromatic rings. The summed E-state index contributed by atoms with van der Waals surface area (Å²) in [6.45, 7) is 3.04. The van der Waals surface area contributed by atoms with Gasteiger partial charge in [-0.15, -0.1) is 11.3 Å². The van der Waals surface area contributed by atoms with Crippen LogP contribution in [0.5, 0.6) is 11.5 Å². The molecular weight excluding hydrogens is 310 g/mol. The number of methoxy groups -OCH3 is 2. The van der Waals surface area contributed by atoms with Crippen molar-refractivity contribution in [1.29, 1.82) is 0 Å². The molecule has 23 heavy (non-hydrogen) atoms. The van der Waals surface area contributed by atoms with Crippen LogP contribution < -0.4 is 20.5 Å². The molecule has 1 aromatic carbocycles. The van der Waals surface area contributed by atoms with Crippen LogP contribution in [0.4, 0.5) is 5.13 Å². The van der Waals surface area contributed by atoms with Crippen molar-refractivity contribution in [3.63, 3.8) is 0 Å². The zero-order valence-corrected chi connectivity index (χ0v) is 14.6. The Hall–Kier alpha value is -1.79. The maximum Gasteiger partial charge on any atom is 0.180 e. The van der Waals surface area contributed by atoms with Gasteiger partial charge in [0.2, 0.25) is 0 Å². The van der Waals surface area contributed by atoms with E-state index in [-0.39, 0.29) is 5.54 Å². The van der Waals surface area contributed by atoms with Gasteiger partial charge in [0, 0.05) is 16.8 Å². The fourth-order valence-corrected chi connectivity index (χ4v) is 4.40. The number of rotatable bonds is 5. The maximum atomic E-state index is 5.89. The molecule has 5 nitrogen and oxygen atoms in total. The Labute approximate surface area is 140 Å². The lowest BCUT2D eigenvalue weighted by atomic mass is 9.77. The van der Waals surface area contributed by atoms with Crippen molar-refractivity contribution in [3.05, 3.63) is 34.3 Å². The molecule has 1 heterocycles. The predicted molar refractivity (Wildman–Crippen MR) is 93.5 cm³/mol. The summed E-state index contributed by atoms with van der Waals surface area (Å²) in [5, 5.41) is 4.36. The second-order valence-corrected chi connectivity index (χ2v) is 6.90. The number of nitrogens with zero attached hydrogens (tertiary/aromatic N) is 1. The Morgan fingerprint density at radius 1 is 1.30 bits per heavy atom. The average Bonchev–Trinajstić information content (AvgIpc) is 2.93. The minimum atomic E-state index is -0.111. The van der Waals surface area contributed by atoms with Crippen molar-refractivity contribution >= 4 is 16.5 Å². The van der Waals surface area contributed by atoms with E-state index in [1.54, 1.807) is 25.6 Å². The number of hydrogen-bond donors (Lipinski definition) is 2. The summed E-state index contributed by atoms with van der Waals surface area (Å²) >= 11 is 1.60. The Bertz CT molecular complexity index is 701. The van der Waals surface area contributed by atoms with E-state index in [4.69, 9.17) is 15.2 Å². The molecule has 1 aliphatic rings. The third kappa shape index (κ3) is 2.88. The lowest BCUT2D eigenvalue weighted by Gasteiger charge is -2.38. The molecule has 0 radical (unpaired) electrons. The third-order valence-electron chi connectivity index (χ3n) is 4.50. The number of hydrogen-bond acceptors (Lipinski definition) is 6. The number of nitrogens with one attached hydrogen (secondary N) is 1. The van der Waals surface area contributed by atoms with Gasteiger partial charge >= 0.3 is 0 Å². The van der Waals surface area contributed by atoms with Crippen LogP contribution in [0.3, 0.4) is 0 Å². The number of thiazole rings is 1. The Morgan fingerprint density at radius 2 is 2.09 bits per heavy atom. The van der Waals surface area contributed by atoms with E-state index >= 15 is 0 Å². The zero-order valence-electron chi connectivity index (χ0n) is 13.8. The number of ether oxygens (including phenoxy) is 2. The van der Waals surface area contributed by atoms with E-state index in [0.717, 1.165) is 43.0 Å². The summed E-state index contributed by atoms with van der Waals surface area (Å²) in [7, 11) is 3.33.